The Hall–Kier alpha value is -3.44. The zero-order valence-electron chi connectivity index (χ0n) is 21.3. The zero-order chi connectivity index (χ0) is 28.6. The number of sulfonamides is 1. The number of anilines is 1. The maximum atomic E-state index is 13.6. The Kier molecular flexibility index (Phi) is 7.77. The summed E-state index contributed by atoms with van der Waals surface area (Å²) in [5.41, 5.74) is -1.59. The number of carbonyl (C=O) groups excluding carboxylic acids is 1. The number of methoxy groups -OCH3 is 1. The van der Waals surface area contributed by atoms with Gasteiger partial charge in [-0.1, -0.05) is 29.8 Å². The summed E-state index contributed by atoms with van der Waals surface area (Å²) in [6.07, 6.45) is -4.47. The van der Waals surface area contributed by atoms with Crippen LogP contribution < -0.4 is 19.1 Å². The van der Waals surface area contributed by atoms with E-state index in [2.05, 4.69) is 5.32 Å². The number of rotatable bonds is 7. The molecule has 1 aliphatic rings. The minimum atomic E-state index is -4.84. The fourth-order valence-electron chi connectivity index (χ4n) is 4.38. The number of ether oxygens (including phenoxy) is 2. The van der Waals surface area contributed by atoms with Crippen LogP contribution in [0.15, 0.2) is 71.6 Å². The molecule has 1 heterocycles. The number of amides is 1. The van der Waals surface area contributed by atoms with E-state index in [0.717, 1.165) is 12.1 Å². The first-order chi connectivity index (χ1) is 18.2. The first kappa shape index (κ1) is 28.6. The van der Waals surface area contributed by atoms with Crippen LogP contribution in [0, 0.1) is 0 Å². The largest absolute Gasteiger partial charge is 0.497 e. The predicted molar refractivity (Wildman–Crippen MR) is 141 cm³/mol. The molecule has 7 nitrogen and oxygen atoms in total. The molecule has 4 rings (SSSR count). The summed E-state index contributed by atoms with van der Waals surface area (Å²) in [5, 5.41) is 2.24. The lowest BCUT2D eigenvalue weighted by atomic mass is 9.89. The molecule has 0 bridgehead atoms. The van der Waals surface area contributed by atoms with E-state index in [9.17, 15) is 26.4 Å². The van der Waals surface area contributed by atoms with E-state index >= 15 is 0 Å². The second kappa shape index (κ2) is 10.6. The van der Waals surface area contributed by atoms with Crippen LogP contribution in [0.4, 0.5) is 18.9 Å². The summed E-state index contributed by atoms with van der Waals surface area (Å²) in [5.74, 6) is 0.333. The van der Waals surface area contributed by atoms with Gasteiger partial charge >= 0.3 is 6.18 Å². The molecule has 1 amide bonds. The fraction of sp³-hybridized carbons (Fsp3) is 0.296. The maximum Gasteiger partial charge on any atom is 0.417 e. The summed E-state index contributed by atoms with van der Waals surface area (Å²) >= 11 is 5.76. The van der Waals surface area contributed by atoms with Crippen molar-refractivity contribution in [1.29, 1.82) is 0 Å². The quantitative estimate of drug-likeness (QED) is 0.370. The van der Waals surface area contributed by atoms with E-state index in [1.165, 1.54) is 31.4 Å². The molecule has 1 unspecified atom stereocenters. The average Bonchev–Trinajstić information content (AvgIpc) is 2.86. The van der Waals surface area contributed by atoms with Crippen molar-refractivity contribution in [2.75, 3.05) is 18.0 Å². The highest BCUT2D eigenvalue weighted by molar-refractivity contribution is 7.92. The van der Waals surface area contributed by atoms with E-state index in [1.54, 1.807) is 24.3 Å². The van der Waals surface area contributed by atoms with Crippen molar-refractivity contribution in [3.63, 3.8) is 0 Å². The minimum Gasteiger partial charge on any atom is -0.497 e. The first-order valence-electron chi connectivity index (χ1n) is 11.8. The standard InChI is InChI=1S/C27H26ClF3N2O5S/c1-26(2)15-23(20-11-10-18(37-3)14-24(20)38-26)32-25(34)16-33(39(35,36)19-7-5-4-6-8-19)17-9-12-22(28)21(13-17)27(29,30)31/h4-14,23H,15-16H2,1-3H3,(H,32,34). The SMILES string of the molecule is COc1ccc2c(c1)OC(C)(C)CC2NC(=O)CN(c1ccc(Cl)c(C(F)(F)F)c1)S(=O)(=O)c1ccccc1. The third-order valence-corrected chi connectivity index (χ3v) is 8.29. The van der Waals surface area contributed by atoms with Crippen LogP contribution >= 0.6 is 11.6 Å². The van der Waals surface area contributed by atoms with Crippen molar-refractivity contribution in [1.82, 2.24) is 5.32 Å². The van der Waals surface area contributed by atoms with E-state index in [0.29, 0.717) is 33.9 Å². The van der Waals surface area contributed by atoms with E-state index in [1.807, 2.05) is 13.8 Å². The number of benzene rings is 3. The molecule has 0 saturated carbocycles. The summed E-state index contributed by atoms with van der Waals surface area (Å²) in [6.45, 7) is 2.90. The van der Waals surface area contributed by atoms with Gasteiger partial charge in [0.15, 0.2) is 0 Å². The van der Waals surface area contributed by atoms with Gasteiger partial charge in [-0.15, -0.1) is 0 Å². The van der Waals surface area contributed by atoms with Crippen molar-refractivity contribution in [3.05, 3.63) is 82.9 Å². The number of hydrogen-bond donors (Lipinski definition) is 1. The maximum absolute atomic E-state index is 13.6. The topological polar surface area (TPSA) is 84.9 Å². The Morgan fingerprint density at radius 3 is 2.46 bits per heavy atom. The number of nitrogens with one attached hydrogen (secondary N) is 1. The smallest absolute Gasteiger partial charge is 0.417 e. The van der Waals surface area contributed by atoms with Crippen LogP contribution in [-0.4, -0.2) is 33.6 Å². The number of nitrogens with zero attached hydrogens (tertiary/aromatic N) is 1. The lowest BCUT2D eigenvalue weighted by molar-refractivity contribution is -0.137. The Morgan fingerprint density at radius 2 is 1.82 bits per heavy atom. The molecule has 0 aromatic heterocycles. The monoisotopic (exact) mass is 582 g/mol. The molecule has 0 fully saturated rings. The lowest BCUT2D eigenvalue weighted by Gasteiger charge is -2.38. The number of hydrogen-bond acceptors (Lipinski definition) is 5. The Morgan fingerprint density at radius 1 is 1.13 bits per heavy atom. The predicted octanol–water partition coefficient (Wildman–Crippen LogP) is 5.98. The molecule has 208 valence electrons. The van der Waals surface area contributed by atoms with Crippen LogP contribution in [0.3, 0.4) is 0 Å². The summed E-state index contributed by atoms with van der Waals surface area (Å²) in [7, 11) is -2.93. The zero-order valence-corrected chi connectivity index (χ0v) is 22.8. The van der Waals surface area contributed by atoms with Crippen LogP contribution in [0.1, 0.15) is 37.4 Å². The van der Waals surface area contributed by atoms with Gasteiger partial charge in [-0.25, -0.2) is 8.42 Å². The molecular formula is C27H26ClF3N2O5S. The molecule has 1 atom stereocenters. The second-order valence-corrected chi connectivity index (χ2v) is 11.8. The summed E-state index contributed by atoms with van der Waals surface area (Å²) < 4.78 is 79.9. The Bertz CT molecular complexity index is 1480. The molecule has 0 spiro atoms. The normalized spacial score (nSPS) is 16.5. The molecule has 0 radical (unpaired) electrons. The Labute approximate surface area is 229 Å². The van der Waals surface area contributed by atoms with Crippen LogP contribution in [0.2, 0.25) is 5.02 Å². The number of fused-ring (bicyclic) bond motifs is 1. The van der Waals surface area contributed by atoms with E-state index in [-0.39, 0.29) is 10.6 Å². The summed E-state index contributed by atoms with van der Waals surface area (Å²) in [6, 6.07) is 14.4. The van der Waals surface area contributed by atoms with Crippen molar-refractivity contribution in [2.24, 2.45) is 0 Å². The molecule has 12 heteroatoms. The Balaban J connectivity index is 1.71. The van der Waals surface area contributed by atoms with Crippen molar-refractivity contribution >= 4 is 33.2 Å². The van der Waals surface area contributed by atoms with Gasteiger partial charge in [-0.3, -0.25) is 9.10 Å². The fourth-order valence-corrected chi connectivity index (χ4v) is 6.04. The molecule has 39 heavy (non-hydrogen) atoms. The van der Waals surface area contributed by atoms with Gasteiger partial charge in [-0.05, 0) is 56.3 Å². The molecule has 3 aromatic carbocycles. The highest BCUT2D eigenvalue weighted by Crippen LogP contribution is 2.42. The van der Waals surface area contributed by atoms with Gasteiger partial charge in [0.25, 0.3) is 10.0 Å². The molecule has 1 aliphatic heterocycles. The van der Waals surface area contributed by atoms with Gasteiger partial charge in [0.2, 0.25) is 5.91 Å². The lowest BCUT2D eigenvalue weighted by Crippen LogP contribution is -2.45. The van der Waals surface area contributed by atoms with Crippen molar-refractivity contribution in [2.45, 2.75) is 43.0 Å². The highest BCUT2D eigenvalue weighted by Gasteiger charge is 2.37. The first-order valence-corrected chi connectivity index (χ1v) is 13.6. The number of halogens is 4. The number of carbonyl (C=O) groups is 1. The van der Waals surface area contributed by atoms with Gasteiger partial charge in [0.05, 0.1) is 34.3 Å². The number of alkyl halides is 3. The van der Waals surface area contributed by atoms with Gasteiger partial charge < -0.3 is 14.8 Å². The van der Waals surface area contributed by atoms with Crippen LogP contribution in [-0.2, 0) is 21.0 Å². The van der Waals surface area contributed by atoms with Gasteiger partial charge in [-0.2, -0.15) is 13.2 Å². The molecule has 3 aromatic rings. The molecular weight excluding hydrogens is 557 g/mol. The van der Waals surface area contributed by atoms with E-state index < -0.39 is 50.9 Å². The minimum absolute atomic E-state index is 0.189. The van der Waals surface area contributed by atoms with Gasteiger partial charge in [0, 0.05) is 18.1 Å². The molecule has 0 aliphatic carbocycles. The third kappa shape index (κ3) is 6.25. The third-order valence-electron chi connectivity index (χ3n) is 6.18. The van der Waals surface area contributed by atoms with Crippen LogP contribution in [0.5, 0.6) is 11.5 Å². The van der Waals surface area contributed by atoms with Gasteiger partial charge in [0.1, 0.15) is 23.6 Å². The average molecular weight is 583 g/mol. The van der Waals surface area contributed by atoms with Crippen molar-refractivity contribution < 1.29 is 35.9 Å². The second-order valence-electron chi connectivity index (χ2n) is 9.58. The van der Waals surface area contributed by atoms with Crippen LogP contribution in [0.25, 0.3) is 0 Å². The van der Waals surface area contributed by atoms with E-state index in [4.69, 9.17) is 21.1 Å². The van der Waals surface area contributed by atoms with Crippen molar-refractivity contribution in [3.8, 4) is 11.5 Å². The molecule has 1 N–H and O–H groups in total. The highest BCUT2D eigenvalue weighted by atomic mass is 35.5. The molecule has 0 saturated heterocycles. The summed E-state index contributed by atoms with van der Waals surface area (Å²) in [4.78, 5) is 13.1.